The minimum Gasteiger partial charge on any atom is -0.289 e. The third-order valence-corrected chi connectivity index (χ3v) is 15.3. The van der Waals surface area contributed by atoms with Gasteiger partial charge in [0.2, 0.25) is 0 Å². The third kappa shape index (κ3) is 7.26. The van der Waals surface area contributed by atoms with Crippen molar-refractivity contribution in [1.29, 1.82) is 0 Å². The van der Waals surface area contributed by atoms with Crippen molar-refractivity contribution in [3.05, 3.63) is 136 Å². The third-order valence-electron chi connectivity index (χ3n) is 15.3. The van der Waals surface area contributed by atoms with Crippen LogP contribution < -0.4 is 21.7 Å². The molecular weight excluding hydrogens is 809 g/mol. The van der Waals surface area contributed by atoms with E-state index in [2.05, 4.69) is 100 Å². The number of unbranched alkanes of at least 4 members (excludes halogenated alkanes) is 12. The molecular formula is C62H64O4. The molecule has 0 aliphatic carbocycles. The van der Waals surface area contributed by atoms with E-state index in [9.17, 15) is 0 Å². The molecule has 66 heavy (non-hydrogen) atoms. The van der Waals surface area contributed by atoms with Crippen LogP contribution in [-0.2, 0) is 25.7 Å². The van der Waals surface area contributed by atoms with Crippen LogP contribution >= 0.6 is 0 Å². The fourth-order valence-corrected chi connectivity index (χ4v) is 11.9. The summed E-state index contributed by atoms with van der Waals surface area (Å²) in [6, 6.07) is 25.2. The lowest BCUT2D eigenvalue weighted by molar-refractivity contribution is 0.667. The molecule has 0 atom stereocenters. The van der Waals surface area contributed by atoms with Crippen LogP contribution in [0.5, 0.6) is 0 Å². The second-order valence-corrected chi connectivity index (χ2v) is 19.8. The van der Waals surface area contributed by atoms with Gasteiger partial charge in [0, 0.05) is 75.4 Å². The van der Waals surface area contributed by atoms with Crippen molar-refractivity contribution in [2.45, 2.75) is 156 Å². The molecule has 0 bridgehead atoms. The molecule has 10 aromatic rings. The molecule has 0 saturated heterocycles. The fourth-order valence-electron chi connectivity index (χ4n) is 11.9. The highest BCUT2D eigenvalue weighted by Gasteiger charge is 2.31. The molecule has 336 valence electrons. The van der Waals surface area contributed by atoms with Crippen molar-refractivity contribution < 1.29 is 0 Å². The minimum atomic E-state index is -0.128. The molecule has 4 nitrogen and oxygen atoms in total. The Bertz CT molecular complexity index is 3200. The van der Waals surface area contributed by atoms with Gasteiger partial charge in [-0.3, -0.25) is 19.2 Å². The molecule has 10 aromatic carbocycles. The Labute approximate surface area is 387 Å². The van der Waals surface area contributed by atoms with Crippen LogP contribution in [0.1, 0.15) is 153 Å². The summed E-state index contributed by atoms with van der Waals surface area (Å²) in [7, 11) is 0. The van der Waals surface area contributed by atoms with Crippen LogP contribution in [0.3, 0.4) is 0 Å². The maximum atomic E-state index is 15.6. The second-order valence-electron chi connectivity index (χ2n) is 19.8. The van der Waals surface area contributed by atoms with Gasteiger partial charge in [0.25, 0.3) is 0 Å². The molecule has 0 aliphatic heterocycles. The van der Waals surface area contributed by atoms with Crippen molar-refractivity contribution in [3.63, 3.8) is 0 Å². The average molecular weight is 873 g/mol. The molecule has 4 heteroatoms. The van der Waals surface area contributed by atoms with Crippen LogP contribution in [0.15, 0.2) is 92.0 Å². The fraction of sp³-hybridized carbons (Fsp3) is 0.387. The summed E-state index contributed by atoms with van der Waals surface area (Å²) >= 11 is 0. The van der Waals surface area contributed by atoms with E-state index in [1.165, 1.54) is 25.7 Å². The van der Waals surface area contributed by atoms with Crippen molar-refractivity contribution in [2.75, 3.05) is 0 Å². The second kappa shape index (κ2) is 18.5. The number of benzene rings is 6. The molecule has 0 N–H and O–H groups in total. The summed E-state index contributed by atoms with van der Waals surface area (Å²) in [5.41, 5.74) is 3.96. The van der Waals surface area contributed by atoms with Gasteiger partial charge in [-0.15, -0.1) is 0 Å². The normalized spacial score (nSPS) is 12.5. The summed E-state index contributed by atoms with van der Waals surface area (Å²) in [5, 5.41) is 11.5. The van der Waals surface area contributed by atoms with Gasteiger partial charge in [-0.25, -0.2) is 0 Å². The molecule has 0 spiro atoms. The van der Waals surface area contributed by atoms with E-state index in [1.54, 1.807) is 0 Å². The van der Waals surface area contributed by atoms with Gasteiger partial charge in [-0.1, -0.05) is 153 Å². The predicted molar refractivity (Wildman–Crippen MR) is 285 cm³/mol. The van der Waals surface area contributed by atoms with Crippen LogP contribution in [0.4, 0.5) is 0 Å². The Morgan fingerprint density at radius 1 is 0.242 bits per heavy atom. The van der Waals surface area contributed by atoms with E-state index in [-0.39, 0.29) is 21.7 Å². The zero-order valence-corrected chi connectivity index (χ0v) is 39.7. The first-order valence-corrected chi connectivity index (χ1v) is 25.8. The Morgan fingerprint density at radius 3 is 0.682 bits per heavy atom. The maximum Gasteiger partial charge on any atom is 0.194 e. The van der Waals surface area contributed by atoms with Gasteiger partial charge < -0.3 is 0 Å². The topological polar surface area (TPSA) is 68.3 Å². The van der Waals surface area contributed by atoms with Crippen LogP contribution in [0.2, 0.25) is 0 Å². The first-order valence-electron chi connectivity index (χ1n) is 25.8. The number of hydrogen-bond donors (Lipinski definition) is 0. The first kappa shape index (κ1) is 44.1. The van der Waals surface area contributed by atoms with Crippen LogP contribution in [0.25, 0.3) is 97.0 Å². The van der Waals surface area contributed by atoms with Gasteiger partial charge in [0.05, 0.1) is 0 Å². The largest absolute Gasteiger partial charge is 0.289 e. The van der Waals surface area contributed by atoms with Gasteiger partial charge in [0.1, 0.15) is 0 Å². The Hall–Kier alpha value is -5.74. The zero-order valence-electron chi connectivity index (χ0n) is 39.7. The molecule has 0 unspecified atom stereocenters. The van der Waals surface area contributed by atoms with E-state index in [0.717, 1.165) is 168 Å². The quantitative estimate of drug-likeness (QED) is 0.0716. The molecule has 10 rings (SSSR count). The summed E-state index contributed by atoms with van der Waals surface area (Å²) in [6.45, 7) is 8.86. The van der Waals surface area contributed by atoms with Gasteiger partial charge >= 0.3 is 0 Å². The molecule has 0 heterocycles. The van der Waals surface area contributed by atoms with E-state index >= 15 is 19.2 Å². The highest BCUT2D eigenvalue weighted by molar-refractivity contribution is 6.50. The summed E-state index contributed by atoms with van der Waals surface area (Å²) in [4.78, 5) is 62.3. The Balaban J connectivity index is 1.38. The smallest absolute Gasteiger partial charge is 0.194 e. The van der Waals surface area contributed by atoms with E-state index in [0.29, 0.717) is 53.9 Å². The molecule has 0 aromatic heterocycles. The predicted octanol–water partition coefficient (Wildman–Crippen LogP) is 15.7. The molecule has 0 amide bonds. The van der Waals surface area contributed by atoms with E-state index in [1.807, 2.05) is 0 Å². The van der Waals surface area contributed by atoms with Crippen molar-refractivity contribution in [1.82, 2.24) is 0 Å². The lowest BCUT2D eigenvalue weighted by atomic mass is 9.91. The van der Waals surface area contributed by atoms with E-state index < -0.39 is 0 Å². The van der Waals surface area contributed by atoms with E-state index in [4.69, 9.17) is 0 Å². The van der Waals surface area contributed by atoms with Crippen molar-refractivity contribution in [3.8, 4) is 0 Å². The zero-order chi connectivity index (χ0) is 45.6. The average Bonchev–Trinajstić information content (AvgIpc) is 4.00. The number of aryl methyl sites for hydroxylation is 4. The van der Waals surface area contributed by atoms with Crippen LogP contribution in [0, 0.1) is 0 Å². The number of fused-ring (bicyclic) bond motifs is 19. The maximum absolute atomic E-state index is 15.6. The lowest BCUT2D eigenvalue weighted by Gasteiger charge is -2.09. The summed E-state index contributed by atoms with van der Waals surface area (Å²) < 4.78 is 0. The summed E-state index contributed by atoms with van der Waals surface area (Å²) in [6.07, 6.45) is 21.6. The van der Waals surface area contributed by atoms with Crippen LogP contribution in [-0.4, -0.2) is 0 Å². The summed E-state index contributed by atoms with van der Waals surface area (Å²) in [5.74, 6) is 0. The highest BCUT2D eigenvalue weighted by Crippen LogP contribution is 2.49. The van der Waals surface area contributed by atoms with Crippen molar-refractivity contribution >= 4 is 97.0 Å². The SMILES string of the molecule is CCCCCCc1ccc2c(c1)c(=O)c1c2c2c3ccc(CCCCCC)cc3c(=O)c2c2c3c(=O)c4cc(CCCCCC)ccc4c3c3c4ccc(CCCCCC)cc4c(=O)c3c12. The Morgan fingerprint density at radius 2 is 0.470 bits per heavy atom. The number of hydrogen-bond acceptors (Lipinski definition) is 4. The number of rotatable bonds is 20. The minimum absolute atomic E-state index is 0.128. The molecule has 0 aliphatic rings. The standard InChI is InChI=1S/C62H64O4/c1-5-9-13-17-21-37-25-29-41-45(33-37)59(63)55-49(41)50-42-30-26-38(22-18-14-10-6-2)34-46(42)60(64)56(50)54-53(55)57-51(43-31-27-39(23-19-15-11-7-3)35-47(43)61(57)65)52-44-32-28-40(24-20-16-12-8-4)36-48(44)62(66)58(52)54/h25-36H,5-24H2,1-4H3. The molecule has 0 saturated carbocycles. The first-order chi connectivity index (χ1) is 32.3. The monoisotopic (exact) mass is 872 g/mol. The molecule has 0 fully saturated rings. The van der Waals surface area contributed by atoms with Crippen molar-refractivity contribution in [2.24, 2.45) is 0 Å². The molecule has 0 radical (unpaired) electrons. The van der Waals surface area contributed by atoms with Gasteiger partial charge in [0.15, 0.2) is 21.7 Å². The highest BCUT2D eigenvalue weighted by atomic mass is 16.1. The Kier molecular flexibility index (Phi) is 12.4. The van der Waals surface area contributed by atoms with Gasteiger partial charge in [-0.2, -0.15) is 0 Å². The van der Waals surface area contributed by atoms with Gasteiger partial charge in [-0.05, 0) is 119 Å². The lowest BCUT2D eigenvalue weighted by Crippen LogP contribution is -2.04.